The van der Waals surface area contributed by atoms with E-state index in [2.05, 4.69) is 0 Å². The van der Waals surface area contributed by atoms with Gasteiger partial charge in [-0.25, -0.2) is 5.01 Å². The van der Waals surface area contributed by atoms with Crippen molar-refractivity contribution in [3.63, 3.8) is 0 Å². The minimum Gasteiger partial charge on any atom is -0.507 e. The molecule has 0 aromatic heterocycles. The number of phenols is 2. The number of fused-ring (bicyclic) bond motifs is 3. The fraction of sp³-hybridized carbons (Fsp3) is 0.240. The van der Waals surface area contributed by atoms with Crippen molar-refractivity contribution in [3.8, 4) is 28.7 Å². The van der Waals surface area contributed by atoms with Crippen LogP contribution >= 0.6 is 0 Å². The van der Waals surface area contributed by atoms with E-state index in [0.29, 0.717) is 29.2 Å². The number of nitrogens with zero attached hydrogens (tertiary/aromatic N) is 2. The Labute approximate surface area is 186 Å². The summed E-state index contributed by atoms with van der Waals surface area (Å²) >= 11 is 0. The van der Waals surface area contributed by atoms with Crippen molar-refractivity contribution in [2.75, 3.05) is 14.2 Å². The predicted molar refractivity (Wildman–Crippen MR) is 120 cm³/mol. The number of aromatic hydroxyl groups is 2. The van der Waals surface area contributed by atoms with Crippen LogP contribution in [0.4, 0.5) is 0 Å². The number of phenolic OH excluding ortho intramolecular Hbond substituents is 2. The summed E-state index contributed by atoms with van der Waals surface area (Å²) in [6, 6.07) is 16.3. The van der Waals surface area contributed by atoms with Gasteiger partial charge >= 0.3 is 0 Å². The summed E-state index contributed by atoms with van der Waals surface area (Å²) < 4.78 is 17.3. The lowest BCUT2D eigenvalue weighted by Gasteiger charge is -2.38. The van der Waals surface area contributed by atoms with Crippen LogP contribution in [0.3, 0.4) is 0 Å². The summed E-state index contributed by atoms with van der Waals surface area (Å²) in [6.07, 6.45) is 0.0365. The Morgan fingerprint density at radius 2 is 1.75 bits per heavy atom. The number of hydrogen-bond donors (Lipinski definition) is 2. The zero-order chi connectivity index (χ0) is 22.4. The Morgan fingerprint density at radius 1 is 0.969 bits per heavy atom. The molecule has 0 fully saturated rings. The maximum atomic E-state index is 10.5. The third-order valence-corrected chi connectivity index (χ3v) is 5.95. The highest BCUT2D eigenvalue weighted by Gasteiger charge is 2.42. The topological polar surface area (TPSA) is 83.8 Å². The van der Waals surface area contributed by atoms with Crippen LogP contribution in [0.25, 0.3) is 0 Å². The second kappa shape index (κ2) is 7.67. The molecule has 2 atom stereocenters. The zero-order valence-electron chi connectivity index (χ0n) is 18.1. The van der Waals surface area contributed by atoms with Crippen molar-refractivity contribution >= 4 is 5.71 Å². The standard InChI is InChI=1S/C25H24N2O5/c1-14-7-9-20(28)17(11-14)18-13-19-16-5-4-6-22(30-2)24(16)32-25(27(19)26-18)15-8-10-21(29)23(12-15)31-3/h4-12,19,25,28-29H,13H2,1-3H3/t19-,25+/m0/s1. The summed E-state index contributed by atoms with van der Waals surface area (Å²) in [7, 11) is 3.12. The number of ether oxygens (including phenoxy) is 3. The molecule has 0 saturated heterocycles. The molecule has 3 aromatic carbocycles. The van der Waals surface area contributed by atoms with Crippen molar-refractivity contribution in [1.82, 2.24) is 5.01 Å². The molecule has 0 spiro atoms. The molecular weight excluding hydrogens is 408 g/mol. The molecule has 164 valence electrons. The molecule has 32 heavy (non-hydrogen) atoms. The maximum Gasteiger partial charge on any atom is 0.214 e. The monoisotopic (exact) mass is 432 g/mol. The Bertz CT molecular complexity index is 1220. The van der Waals surface area contributed by atoms with E-state index in [4.69, 9.17) is 19.3 Å². The number of methoxy groups -OCH3 is 2. The van der Waals surface area contributed by atoms with E-state index < -0.39 is 6.23 Å². The lowest BCUT2D eigenvalue weighted by atomic mass is 9.94. The van der Waals surface area contributed by atoms with Gasteiger partial charge in [-0.1, -0.05) is 23.8 Å². The van der Waals surface area contributed by atoms with Crippen LogP contribution in [-0.2, 0) is 0 Å². The summed E-state index contributed by atoms with van der Waals surface area (Å²) in [6.45, 7) is 1.99. The van der Waals surface area contributed by atoms with Crippen molar-refractivity contribution in [2.24, 2.45) is 5.10 Å². The van der Waals surface area contributed by atoms with Gasteiger partial charge in [-0.15, -0.1) is 0 Å². The summed E-state index contributed by atoms with van der Waals surface area (Å²) in [5.41, 5.74) is 4.29. The van der Waals surface area contributed by atoms with Gasteiger partial charge in [0.05, 0.1) is 26.0 Å². The van der Waals surface area contributed by atoms with Crippen LogP contribution in [0.2, 0.25) is 0 Å². The van der Waals surface area contributed by atoms with Gasteiger partial charge in [0.1, 0.15) is 5.75 Å². The molecule has 7 heteroatoms. The number of hydrogen-bond acceptors (Lipinski definition) is 7. The Morgan fingerprint density at radius 3 is 2.53 bits per heavy atom. The van der Waals surface area contributed by atoms with Crippen LogP contribution in [0.5, 0.6) is 28.7 Å². The van der Waals surface area contributed by atoms with E-state index in [-0.39, 0.29) is 17.5 Å². The van der Waals surface area contributed by atoms with Gasteiger partial charge in [-0.3, -0.25) is 0 Å². The fourth-order valence-electron chi connectivity index (χ4n) is 4.36. The molecule has 0 unspecified atom stereocenters. The molecule has 2 N–H and O–H groups in total. The first-order chi connectivity index (χ1) is 15.5. The van der Waals surface area contributed by atoms with Crippen molar-refractivity contribution in [2.45, 2.75) is 25.6 Å². The van der Waals surface area contributed by atoms with Crippen molar-refractivity contribution in [1.29, 1.82) is 0 Å². The molecule has 2 aliphatic rings. The summed E-state index contributed by atoms with van der Waals surface area (Å²) in [5.74, 6) is 1.91. The quantitative estimate of drug-likeness (QED) is 0.624. The second-order valence-corrected chi connectivity index (χ2v) is 7.95. The normalized spacial score (nSPS) is 19.0. The zero-order valence-corrected chi connectivity index (χ0v) is 18.1. The molecule has 7 nitrogen and oxygen atoms in total. The molecular formula is C25H24N2O5. The second-order valence-electron chi connectivity index (χ2n) is 7.95. The molecule has 3 aromatic rings. The number of aryl methyl sites for hydroxylation is 1. The van der Waals surface area contributed by atoms with Crippen LogP contribution in [-0.4, -0.2) is 35.2 Å². The average Bonchev–Trinajstić information content (AvgIpc) is 3.25. The first kappa shape index (κ1) is 20.1. The molecule has 0 amide bonds. The Balaban J connectivity index is 1.65. The number of para-hydroxylation sites is 1. The van der Waals surface area contributed by atoms with Crippen molar-refractivity contribution in [3.05, 3.63) is 76.9 Å². The molecule has 0 saturated carbocycles. The smallest absolute Gasteiger partial charge is 0.214 e. The maximum absolute atomic E-state index is 10.5. The lowest BCUT2D eigenvalue weighted by molar-refractivity contribution is -0.0210. The highest BCUT2D eigenvalue weighted by atomic mass is 16.5. The van der Waals surface area contributed by atoms with Gasteiger partial charge in [0, 0.05) is 23.1 Å². The predicted octanol–water partition coefficient (Wildman–Crippen LogP) is 4.67. The molecule has 5 rings (SSSR count). The number of benzene rings is 3. The molecule has 0 aliphatic carbocycles. The molecule has 2 heterocycles. The SMILES string of the molecule is COc1cc([C@H]2Oc3c(OC)cccc3[C@@H]3CC(c4cc(C)ccc4O)=NN23)ccc1O. The minimum absolute atomic E-state index is 0.0527. The molecule has 0 bridgehead atoms. The van der Waals surface area contributed by atoms with E-state index in [1.165, 1.54) is 7.11 Å². The van der Waals surface area contributed by atoms with E-state index in [1.807, 2.05) is 42.3 Å². The summed E-state index contributed by atoms with van der Waals surface area (Å²) in [4.78, 5) is 0. The summed E-state index contributed by atoms with van der Waals surface area (Å²) in [5, 5.41) is 27.3. The largest absolute Gasteiger partial charge is 0.507 e. The Kier molecular flexibility index (Phi) is 4.81. The minimum atomic E-state index is -0.567. The fourth-order valence-corrected chi connectivity index (χ4v) is 4.36. The van der Waals surface area contributed by atoms with Gasteiger partial charge in [-0.2, -0.15) is 5.10 Å². The van der Waals surface area contributed by atoms with E-state index >= 15 is 0 Å². The van der Waals surface area contributed by atoms with E-state index in [0.717, 1.165) is 22.4 Å². The number of hydrazone groups is 1. The third-order valence-electron chi connectivity index (χ3n) is 5.95. The van der Waals surface area contributed by atoms with Gasteiger partial charge < -0.3 is 24.4 Å². The van der Waals surface area contributed by atoms with E-state index in [9.17, 15) is 10.2 Å². The average molecular weight is 432 g/mol. The molecule has 2 aliphatic heterocycles. The van der Waals surface area contributed by atoms with Gasteiger partial charge in [0.2, 0.25) is 6.23 Å². The number of rotatable bonds is 4. The van der Waals surface area contributed by atoms with Crippen LogP contribution in [0.15, 0.2) is 59.7 Å². The van der Waals surface area contributed by atoms with Crippen LogP contribution < -0.4 is 14.2 Å². The van der Waals surface area contributed by atoms with Gasteiger partial charge in [-0.05, 0) is 43.3 Å². The van der Waals surface area contributed by atoms with Crippen molar-refractivity contribution < 1.29 is 24.4 Å². The Hall–Kier alpha value is -3.87. The first-order valence-electron chi connectivity index (χ1n) is 10.4. The van der Waals surface area contributed by atoms with E-state index in [1.54, 1.807) is 31.4 Å². The van der Waals surface area contributed by atoms with Crippen LogP contribution in [0.1, 0.15) is 40.9 Å². The highest BCUT2D eigenvalue weighted by Crippen LogP contribution is 2.51. The first-order valence-corrected chi connectivity index (χ1v) is 10.4. The van der Waals surface area contributed by atoms with Crippen LogP contribution in [0, 0.1) is 6.92 Å². The molecule has 0 radical (unpaired) electrons. The lowest BCUT2D eigenvalue weighted by Crippen LogP contribution is -2.33. The van der Waals surface area contributed by atoms with Gasteiger partial charge in [0.15, 0.2) is 23.0 Å². The highest BCUT2D eigenvalue weighted by molar-refractivity contribution is 6.04. The van der Waals surface area contributed by atoms with Gasteiger partial charge in [0.25, 0.3) is 0 Å². The third kappa shape index (κ3) is 3.17.